The minimum absolute atomic E-state index is 0.515. The third-order valence-corrected chi connectivity index (χ3v) is 1.98. The maximum Gasteiger partial charge on any atom is 0.527 e. The van der Waals surface area contributed by atoms with Crippen molar-refractivity contribution in [3.8, 4) is 0 Å². The molecule has 1 unspecified atom stereocenters. The lowest BCUT2D eigenvalue weighted by molar-refractivity contribution is -0.299. The number of carbonyl (C=O) groups is 1. The van der Waals surface area contributed by atoms with Gasteiger partial charge in [-0.15, -0.1) is 5.06 Å². The Morgan fingerprint density at radius 2 is 1.62 bits per heavy atom. The van der Waals surface area contributed by atoms with Gasteiger partial charge >= 0.3 is 18.5 Å². The first-order valence-corrected chi connectivity index (χ1v) is 3.73. The Hall–Kier alpha value is -1.19. The molecular weight excluding hydrogens is 248 g/mol. The summed E-state index contributed by atoms with van der Waals surface area (Å²) in [5.41, 5.74) is -4.12. The number of ether oxygens (including phenoxy) is 1. The Bertz CT molecular complexity index is 284. The van der Waals surface area contributed by atoms with Crippen LogP contribution in [-0.2, 0) is 9.57 Å². The van der Waals surface area contributed by atoms with E-state index in [0.29, 0.717) is 0 Å². The van der Waals surface area contributed by atoms with Crippen molar-refractivity contribution in [3.05, 3.63) is 0 Å². The highest BCUT2D eigenvalue weighted by Crippen LogP contribution is 2.56. The third-order valence-electron chi connectivity index (χ3n) is 1.98. The molecule has 1 saturated heterocycles. The van der Waals surface area contributed by atoms with Gasteiger partial charge in [-0.2, -0.15) is 26.3 Å². The maximum absolute atomic E-state index is 12.2. The summed E-state index contributed by atoms with van der Waals surface area (Å²) in [6.45, 7) is -1.49. The average Bonchev–Trinajstić information content (AvgIpc) is 2.77. The van der Waals surface area contributed by atoms with Crippen LogP contribution in [0.25, 0.3) is 0 Å². The topological polar surface area (TPSA) is 38.5 Å². The summed E-state index contributed by atoms with van der Waals surface area (Å²) < 4.78 is 77.0. The number of hydroxylamine groups is 2. The molecule has 4 nitrogen and oxygen atoms in total. The lowest BCUT2D eigenvalue weighted by Gasteiger charge is -2.22. The second kappa shape index (κ2) is 3.40. The van der Waals surface area contributed by atoms with Crippen LogP contribution in [0.2, 0.25) is 0 Å². The molecule has 0 aromatic rings. The van der Waals surface area contributed by atoms with Gasteiger partial charge in [0.15, 0.2) is 0 Å². The van der Waals surface area contributed by atoms with Crippen LogP contribution in [0.15, 0.2) is 0 Å². The Kier molecular flexibility index (Phi) is 2.74. The fraction of sp³-hybridized carbons (Fsp3) is 0.833. The first-order chi connectivity index (χ1) is 7.06. The molecule has 1 rings (SSSR count). The number of carbonyl (C=O) groups excluding carboxylic acids is 1. The SMILES string of the molecule is COC(=O)ON1CC1(C(F)(F)F)C(F)(F)F. The Labute approximate surface area is 84.7 Å². The van der Waals surface area contributed by atoms with Gasteiger partial charge in [0.1, 0.15) is 0 Å². The number of alkyl halides is 6. The van der Waals surface area contributed by atoms with E-state index in [-0.39, 0.29) is 0 Å². The molecule has 16 heavy (non-hydrogen) atoms. The highest BCUT2D eigenvalue weighted by molar-refractivity contribution is 5.59. The standard InChI is InChI=1S/C6H5F6NO3/c1-15-3(14)16-13-2-4(13,5(7,8)9)6(10,11)12/h2H2,1H3. The molecule has 1 aliphatic rings. The van der Waals surface area contributed by atoms with Crippen molar-refractivity contribution in [2.75, 3.05) is 13.7 Å². The van der Waals surface area contributed by atoms with Gasteiger partial charge in [0.05, 0.1) is 13.7 Å². The molecule has 0 radical (unpaired) electrons. The Morgan fingerprint density at radius 3 is 1.88 bits per heavy atom. The second-order valence-corrected chi connectivity index (χ2v) is 2.94. The number of hydrogen-bond acceptors (Lipinski definition) is 4. The van der Waals surface area contributed by atoms with Crippen molar-refractivity contribution >= 4 is 6.16 Å². The molecule has 1 heterocycles. The van der Waals surface area contributed by atoms with Crippen LogP contribution in [-0.4, -0.2) is 42.8 Å². The van der Waals surface area contributed by atoms with Gasteiger partial charge in [-0.25, -0.2) is 4.79 Å². The summed E-state index contributed by atoms with van der Waals surface area (Å²) in [5.74, 6) is 0. The number of nitrogens with zero attached hydrogens (tertiary/aromatic N) is 1. The van der Waals surface area contributed by atoms with Crippen molar-refractivity contribution in [2.24, 2.45) is 0 Å². The molecule has 0 N–H and O–H groups in total. The van der Waals surface area contributed by atoms with Gasteiger partial charge in [-0.1, -0.05) is 0 Å². The van der Waals surface area contributed by atoms with Gasteiger partial charge < -0.3 is 9.57 Å². The van der Waals surface area contributed by atoms with E-state index in [0.717, 1.165) is 7.11 Å². The molecule has 1 aliphatic heterocycles. The lowest BCUT2D eigenvalue weighted by atomic mass is 10.1. The van der Waals surface area contributed by atoms with Crippen LogP contribution in [0.5, 0.6) is 0 Å². The Morgan fingerprint density at radius 1 is 1.19 bits per heavy atom. The van der Waals surface area contributed by atoms with E-state index in [1.165, 1.54) is 0 Å². The molecule has 0 aromatic heterocycles. The molecule has 0 aliphatic carbocycles. The zero-order valence-electron chi connectivity index (χ0n) is 7.65. The van der Waals surface area contributed by atoms with Gasteiger partial charge in [0.25, 0.3) is 5.54 Å². The van der Waals surface area contributed by atoms with Crippen LogP contribution in [0, 0.1) is 0 Å². The van der Waals surface area contributed by atoms with Crippen LogP contribution in [0.3, 0.4) is 0 Å². The van der Waals surface area contributed by atoms with Crippen molar-refractivity contribution in [2.45, 2.75) is 17.9 Å². The minimum Gasteiger partial charge on any atom is -0.436 e. The zero-order valence-corrected chi connectivity index (χ0v) is 7.65. The molecule has 1 fully saturated rings. The average molecular weight is 253 g/mol. The van der Waals surface area contributed by atoms with Crippen molar-refractivity contribution in [1.29, 1.82) is 0 Å². The normalized spacial score (nSPS) is 23.8. The predicted molar refractivity (Wildman–Crippen MR) is 35.0 cm³/mol. The monoisotopic (exact) mass is 253 g/mol. The summed E-state index contributed by atoms with van der Waals surface area (Å²) >= 11 is 0. The van der Waals surface area contributed by atoms with E-state index in [2.05, 4.69) is 9.57 Å². The highest BCUT2D eigenvalue weighted by atomic mass is 19.4. The largest absolute Gasteiger partial charge is 0.527 e. The maximum atomic E-state index is 12.2. The van der Waals surface area contributed by atoms with E-state index in [1.54, 1.807) is 0 Å². The number of methoxy groups -OCH3 is 1. The van der Waals surface area contributed by atoms with E-state index in [1.807, 2.05) is 0 Å². The van der Waals surface area contributed by atoms with Crippen LogP contribution >= 0.6 is 0 Å². The first-order valence-electron chi connectivity index (χ1n) is 3.73. The minimum atomic E-state index is -5.58. The van der Waals surface area contributed by atoms with Crippen molar-refractivity contribution in [1.82, 2.24) is 5.06 Å². The van der Waals surface area contributed by atoms with Gasteiger partial charge in [-0.3, -0.25) is 0 Å². The lowest BCUT2D eigenvalue weighted by Crippen LogP contribution is -2.49. The predicted octanol–water partition coefficient (Wildman–Crippen LogP) is 1.86. The van der Waals surface area contributed by atoms with E-state index in [4.69, 9.17) is 0 Å². The number of halogens is 6. The molecule has 0 spiro atoms. The van der Waals surface area contributed by atoms with E-state index in [9.17, 15) is 31.1 Å². The molecule has 10 heteroatoms. The van der Waals surface area contributed by atoms with Gasteiger partial charge in [-0.05, 0) is 0 Å². The van der Waals surface area contributed by atoms with Crippen LogP contribution in [0.4, 0.5) is 31.1 Å². The zero-order chi connectivity index (χ0) is 12.8. The fourth-order valence-electron chi connectivity index (χ4n) is 1.03. The molecule has 0 bridgehead atoms. The Balaban J connectivity index is 2.86. The molecule has 1 atom stereocenters. The summed E-state index contributed by atoms with van der Waals surface area (Å²) in [4.78, 5) is 14.1. The smallest absolute Gasteiger partial charge is 0.436 e. The van der Waals surface area contributed by atoms with Crippen LogP contribution in [0.1, 0.15) is 0 Å². The first kappa shape index (κ1) is 12.9. The molecule has 0 saturated carbocycles. The van der Waals surface area contributed by atoms with Gasteiger partial charge in [0, 0.05) is 0 Å². The molecule has 0 aromatic carbocycles. The quantitative estimate of drug-likeness (QED) is 0.406. The fourth-order valence-corrected chi connectivity index (χ4v) is 1.03. The van der Waals surface area contributed by atoms with E-state index >= 15 is 0 Å². The van der Waals surface area contributed by atoms with Crippen molar-refractivity contribution in [3.63, 3.8) is 0 Å². The second-order valence-electron chi connectivity index (χ2n) is 2.94. The van der Waals surface area contributed by atoms with Crippen molar-refractivity contribution < 1.29 is 40.7 Å². The number of rotatable bonds is 1. The number of hydrogen-bond donors (Lipinski definition) is 0. The van der Waals surface area contributed by atoms with Crippen LogP contribution < -0.4 is 0 Å². The summed E-state index contributed by atoms with van der Waals surface area (Å²) in [6.07, 6.45) is -12.8. The molecule has 94 valence electrons. The summed E-state index contributed by atoms with van der Waals surface area (Å²) in [7, 11) is 0.759. The van der Waals surface area contributed by atoms with Gasteiger partial charge in [0.2, 0.25) is 0 Å². The molecule has 0 amide bonds. The summed E-state index contributed by atoms with van der Waals surface area (Å²) in [5, 5.41) is -0.515. The summed E-state index contributed by atoms with van der Waals surface area (Å²) in [6, 6.07) is 0. The highest BCUT2D eigenvalue weighted by Gasteiger charge is 2.86. The molecular formula is C6H5F6NO3. The third kappa shape index (κ3) is 1.77. The van der Waals surface area contributed by atoms with E-state index < -0.39 is 35.7 Å².